The van der Waals surface area contributed by atoms with Gasteiger partial charge in [-0.05, 0) is 56.0 Å². The van der Waals surface area contributed by atoms with Gasteiger partial charge in [-0.15, -0.1) is 15.3 Å². The number of aryl methyl sites for hydroxylation is 2. The van der Waals surface area contributed by atoms with E-state index in [0.717, 1.165) is 48.8 Å². The minimum Gasteiger partial charge on any atom is -0.355 e. The number of rotatable bonds is 5. The first-order valence-corrected chi connectivity index (χ1v) is 11.4. The maximum absolute atomic E-state index is 12.7. The zero-order valence-electron chi connectivity index (χ0n) is 19.0. The van der Waals surface area contributed by atoms with E-state index < -0.39 is 0 Å². The molecule has 1 fully saturated rings. The molecule has 1 N–H and O–H groups in total. The Hall–Kier alpha value is -3.74. The van der Waals surface area contributed by atoms with Crippen molar-refractivity contribution < 1.29 is 4.79 Å². The Morgan fingerprint density at radius 2 is 1.82 bits per heavy atom. The Morgan fingerprint density at radius 3 is 2.61 bits per heavy atom. The largest absolute Gasteiger partial charge is 0.355 e. The first-order valence-electron chi connectivity index (χ1n) is 11.4. The van der Waals surface area contributed by atoms with E-state index in [4.69, 9.17) is 5.10 Å². The molecule has 0 aliphatic carbocycles. The highest BCUT2D eigenvalue weighted by Gasteiger charge is 2.26. The van der Waals surface area contributed by atoms with Gasteiger partial charge in [0.05, 0.1) is 0 Å². The number of nitrogens with zero attached hydrogens (tertiary/aromatic N) is 5. The smallest absolute Gasteiger partial charge is 0.223 e. The maximum Gasteiger partial charge on any atom is 0.223 e. The van der Waals surface area contributed by atoms with Crippen molar-refractivity contribution in [2.24, 2.45) is 5.92 Å². The van der Waals surface area contributed by atoms with Crippen molar-refractivity contribution in [1.82, 2.24) is 25.1 Å². The molecule has 2 aromatic heterocycles. The molecule has 3 heterocycles. The van der Waals surface area contributed by atoms with Crippen LogP contribution >= 0.6 is 0 Å². The molecule has 1 saturated heterocycles. The number of hydrogen-bond acceptors (Lipinski definition) is 5. The predicted octanol–water partition coefficient (Wildman–Crippen LogP) is 3.94. The van der Waals surface area contributed by atoms with Crippen molar-refractivity contribution in [1.29, 1.82) is 0 Å². The van der Waals surface area contributed by atoms with Crippen molar-refractivity contribution in [2.45, 2.75) is 33.2 Å². The number of anilines is 1. The van der Waals surface area contributed by atoms with Crippen LogP contribution < -0.4 is 10.2 Å². The second kappa shape index (κ2) is 9.02. The number of piperidine rings is 1. The average Bonchev–Trinajstić information content (AvgIpc) is 3.27. The molecule has 0 atom stereocenters. The summed E-state index contributed by atoms with van der Waals surface area (Å²) in [6.07, 6.45) is 1.62. The minimum atomic E-state index is 0.0340. The van der Waals surface area contributed by atoms with E-state index in [1.165, 1.54) is 16.7 Å². The third-order valence-corrected chi connectivity index (χ3v) is 6.43. The lowest BCUT2D eigenvalue weighted by Gasteiger charge is -2.32. The van der Waals surface area contributed by atoms with Crippen LogP contribution in [0.25, 0.3) is 17.0 Å². The molecular formula is C26H28N6O. The lowest BCUT2D eigenvalue weighted by atomic mass is 9.95. The highest BCUT2D eigenvalue weighted by atomic mass is 16.1. The van der Waals surface area contributed by atoms with E-state index in [0.29, 0.717) is 6.54 Å². The Balaban J connectivity index is 1.25. The summed E-state index contributed by atoms with van der Waals surface area (Å²) in [7, 11) is 0. The number of carbonyl (C=O) groups excluding carboxylic acids is 1. The van der Waals surface area contributed by atoms with Crippen LogP contribution in [0.1, 0.15) is 29.5 Å². The highest BCUT2D eigenvalue weighted by molar-refractivity contribution is 5.79. The molecule has 0 unspecified atom stereocenters. The van der Waals surface area contributed by atoms with Crippen LogP contribution in [0.3, 0.4) is 0 Å². The van der Waals surface area contributed by atoms with E-state index >= 15 is 0 Å². The SMILES string of the molecule is Cc1cccc(-c2nnc3ccc(N4CCC(C(=O)NCc5ccccc5C)CC4)nn23)c1. The van der Waals surface area contributed by atoms with Crippen LogP contribution in [-0.2, 0) is 11.3 Å². The van der Waals surface area contributed by atoms with Crippen LogP contribution in [0.2, 0.25) is 0 Å². The van der Waals surface area contributed by atoms with Gasteiger partial charge in [0.15, 0.2) is 11.5 Å². The van der Waals surface area contributed by atoms with E-state index in [1.54, 1.807) is 0 Å². The van der Waals surface area contributed by atoms with E-state index in [9.17, 15) is 4.79 Å². The van der Waals surface area contributed by atoms with E-state index in [2.05, 4.69) is 58.5 Å². The van der Waals surface area contributed by atoms with Crippen LogP contribution in [0.4, 0.5) is 5.82 Å². The standard InChI is InChI=1S/C26H28N6O/c1-18-6-5-9-21(16-18)25-29-28-23-10-11-24(30-32(23)25)31-14-12-20(13-15-31)26(33)27-17-22-8-4-3-7-19(22)2/h3-11,16,20H,12-15,17H2,1-2H3,(H,27,33). The van der Waals surface area contributed by atoms with Crippen molar-refractivity contribution in [2.75, 3.05) is 18.0 Å². The number of nitrogens with one attached hydrogen (secondary N) is 1. The average molecular weight is 441 g/mol. The van der Waals surface area contributed by atoms with Gasteiger partial charge in [0, 0.05) is 31.1 Å². The predicted molar refractivity (Wildman–Crippen MR) is 129 cm³/mol. The quantitative estimate of drug-likeness (QED) is 0.509. The lowest BCUT2D eigenvalue weighted by molar-refractivity contribution is -0.125. The van der Waals surface area contributed by atoms with Crippen LogP contribution in [0.15, 0.2) is 60.7 Å². The molecule has 0 bridgehead atoms. The summed E-state index contributed by atoms with van der Waals surface area (Å²) in [5.41, 5.74) is 5.26. The van der Waals surface area contributed by atoms with Gasteiger partial charge in [0.1, 0.15) is 5.82 Å². The Morgan fingerprint density at radius 1 is 1.00 bits per heavy atom. The fourth-order valence-corrected chi connectivity index (χ4v) is 4.42. The summed E-state index contributed by atoms with van der Waals surface area (Å²) in [6.45, 7) is 6.31. The van der Waals surface area contributed by atoms with Gasteiger partial charge in [-0.2, -0.15) is 4.52 Å². The number of amides is 1. The monoisotopic (exact) mass is 440 g/mol. The number of aromatic nitrogens is 4. The zero-order valence-corrected chi connectivity index (χ0v) is 19.0. The first kappa shape index (κ1) is 21.1. The Labute approximate surface area is 193 Å². The van der Waals surface area contributed by atoms with E-state index in [1.807, 2.05) is 40.9 Å². The molecule has 7 heteroatoms. The third-order valence-electron chi connectivity index (χ3n) is 6.43. The number of fused-ring (bicyclic) bond motifs is 1. The summed E-state index contributed by atoms with van der Waals surface area (Å²) >= 11 is 0. The topological polar surface area (TPSA) is 75.4 Å². The Kier molecular flexibility index (Phi) is 5.77. The molecule has 0 saturated carbocycles. The normalized spacial score (nSPS) is 14.5. The van der Waals surface area contributed by atoms with Gasteiger partial charge in [-0.1, -0.05) is 48.0 Å². The summed E-state index contributed by atoms with van der Waals surface area (Å²) in [5, 5.41) is 16.6. The molecular weight excluding hydrogens is 412 g/mol. The maximum atomic E-state index is 12.7. The molecule has 33 heavy (non-hydrogen) atoms. The second-order valence-corrected chi connectivity index (χ2v) is 8.76. The fraction of sp³-hybridized carbons (Fsp3) is 0.308. The molecule has 2 aromatic carbocycles. The van der Waals surface area contributed by atoms with Crippen molar-refractivity contribution in [3.05, 3.63) is 77.4 Å². The number of benzene rings is 2. The molecule has 4 aromatic rings. The van der Waals surface area contributed by atoms with Gasteiger partial charge < -0.3 is 10.2 Å². The van der Waals surface area contributed by atoms with Crippen molar-refractivity contribution in [3.8, 4) is 11.4 Å². The third kappa shape index (κ3) is 4.44. The summed E-state index contributed by atoms with van der Waals surface area (Å²) in [6, 6.07) is 20.3. The molecule has 0 radical (unpaired) electrons. The van der Waals surface area contributed by atoms with Crippen LogP contribution in [0, 0.1) is 19.8 Å². The molecule has 1 aliphatic heterocycles. The summed E-state index contributed by atoms with van der Waals surface area (Å²) in [4.78, 5) is 15.0. The summed E-state index contributed by atoms with van der Waals surface area (Å²) in [5.74, 6) is 1.80. The zero-order chi connectivity index (χ0) is 22.8. The molecule has 0 spiro atoms. The number of carbonyl (C=O) groups is 1. The molecule has 7 nitrogen and oxygen atoms in total. The Bertz CT molecular complexity index is 1290. The molecule has 1 aliphatic rings. The fourth-order valence-electron chi connectivity index (χ4n) is 4.42. The van der Waals surface area contributed by atoms with Crippen molar-refractivity contribution in [3.63, 3.8) is 0 Å². The first-order chi connectivity index (χ1) is 16.1. The summed E-state index contributed by atoms with van der Waals surface area (Å²) < 4.78 is 1.81. The van der Waals surface area contributed by atoms with Gasteiger partial charge in [0.25, 0.3) is 0 Å². The number of hydrogen-bond donors (Lipinski definition) is 1. The van der Waals surface area contributed by atoms with Gasteiger partial charge >= 0.3 is 0 Å². The van der Waals surface area contributed by atoms with Crippen molar-refractivity contribution >= 4 is 17.4 Å². The van der Waals surface area contributed by atoms with Gasteiger partial charge in [-0.3, -0.25) is 4.79 Å². The minimum absolute atomic E-state index is 0.0340. The lowest BCUT2D eigenvalue weighted by Crippen LogP contribution is -2.40. The van der Waals surface area contributed by atoms with Crippen LogP contribution in [0.5, 0.6) is 0 Å². The van der Waals surface area contributed by atoms with Crippen LogP contribution in [-0.4, -0.2) is 38.8 Å². The van der Waals surface area contributed by atoms with E-state index in [-0.39, 0.29) is 11.8 Å². The molecule has 5 rings (SSSR count). The highest BCUT2D eigenvalue weighted by Crippen LogP contribution is 2.24. The van der Waals surface area contributed by atoms with Gasteiger partial charge in [0.2, 0.25) is 5.91 Å². The second-order valence-electron chi connectivity index (χ2n) is 8.76. The molecule has 168 valence electrons. The van der Waals surface area contributed by atoms with Gasteiger partial charge in [-0.25, -0.2) is 0 Å². The molecule has 1 amide bonds.